The first-order chi connectivity index (χ1) is 7.84. The minimum Gasteiger partial charge on any atom is -0.385 e. The second kappa shape index (κ2) is 7.67. The molecule has 0 aliphatic carbocycles. The fourth-order valence-electron chi connectivity index (χ4n) is 1.42. The maximum atomic E-state index is 11.8. The van der Waals surface area contributed by atoms with Gasteiger partial charge < -0.3 is 15.8 Å². The summed E-state index contributed by atoms with van der Waals surface area (Å²) in [6.45, 7) is 9.61. The molecule has 0 aliphatic heterocycles. The van der Waals surface area contributed by atoms with Crippen molar-refractivity contribution in [2.75, 3.05) is 20.3 Å². The molecule has 0 aromatic heterocycles. The van der Waals surface area contributed by atoms with Gasteiger partial charge in [0.25, 0.3) is 0 Å². The van der Waals surface area contributed by atoms with Crippen LogP contribution in [0.25, 0.3) is 0 Å². The number of rotatable bonds is 8. The molecule has 0 aromatic carbocycles. The Morgan fingerprint density at radius 3 is 2.53 bits per heavy atom. The van der Waals surface area contributed by atoms with E-state index in [9.17, 15) is 4.79 Å². The van der Waals surface area contributed by atoms with Crippen LogP contribution in [0, 0.1) is 11.3 Å². The predicted molar refractivity (Wildman–Crippen MR) is 70.7 cm³/mol. The van der Waals surface area contributed by atoms with Crippen molar-refractivity contribution in [1.82, 2.24) is 5.32 Å². The van der Waals surface area contributed by atoms with Crippen molar-refractivity contribution in [2.45, 2.75) is 46.6 Å². The quantitative estimate of drug-likeness (QED) is 0.680. The number of amides is 1. The fourth-order valence-corrected chi connectivity index (χ4v) is 1.42. The van der Waals surface area contributed by atoms with E-state index in [4.69, 9.17) is 10.5 Å². The molecular formula is C13H28N2O2. The van der Waals surface area contributed by atoms with Crippen molar-refractivity contribution in [2.24, 2.45) is 17.1 Å². The average Bonchev–Trinajstić information content (AvgIpc) is 2.31. The summed E-state index contributed by atoms with van der Waals surface area (Å²) >= 11 is 0. The number of ether oxygens (including phenoxy) is 1. The summed E-state index contributed by atoms with van der Waals surface area (Å²) < 4.78 is 5.05. The number of carbonyl (C=O) groups is 1. The summed E-state index contributed by atoms with van der Waals surface area (Å²) in [5, 5.41) is 2.93. The summed E-state index contributed by atoms with van der Waals surface area (Å²) in [7, 11) is 1.69. The molecular weight excluding hydrogens is 216 g/mol. The van der Waals surface area contributed by atoms with Gasteiger partial charge >= 0.3 is 0 Å². The number of methoxy groups -OCH3 is 1. The van der Waals surface area contributed by atoms with Gasteiger partial charge in [-0.1, -0.05) is 34.1 Å². The number of nitrogens with one attached hydrogen (secondary N) is 1. The van der Waals surface area contributed by atoms with E-state index in [1.165, 1.54) is 0 Å². The van der Waals surface area contributed by atoms with Crippen LogP contribution < -0.4 is 11.1 Å². The molecule has 3 N–H and O–H groups in total. The molecule has 2 unspecified atom stereocenters. The highest BCUT2D eigenvalue weighted by atomic mass is 16.5. The van der Waals surface area contributed by atoms with Crippen molar-refractivity contribution in [3.8, 4) is 0 Å². The van der Waals surface area contributed by atoms with Crippen LogP contribution in [-0.2, 0) is 9.53 Å². The first kappa shape index (κ1) is 16.4. The molecule has 4 heteroatoms. The molecule has 4 nitrogen and oxygen atoms in total. The number of nitrogens with two attached hydrogens (primary N) is 1. The first-order valence-electron chi connectivity index (χ1n) is 6.36. The van der Waals surface area contributed by atoms with Gasteiger partial charge in [0.05, 0.1) is 6.04 Å². The molecule has 0 aromatic rings. The Labute approximate surface area is 105 Å². The fraction of sp³-hybridized carbons (Fsp3) is 0.923. The van der Waals surface area contributed by atoms with Gasteiger partial charge in [-0.2, -0.15) is 0 Å². The van der Waals surface area contributed by atoms with E-state index in [-0.39, 0.29) is 17.2 Å². The molecule has 2 atom stereocenters. The zero-order chi connectivity index (χ0) is 13.5. The van der Waals surface area contributed by atoms with E-state index >= 15 is 0 Å². The SMILES string of the molecule is CCC(C)C(N)C(=O)NCC(C)(C)CCOC. The Morgan fingerprint density at radius 2 is 2.06 bits per heavy atom. The van der Waals surface area contributed by atoms with Gasteiger partial charge in [-0.3, -0.25) is 4.79 Å². The van der Waals surface area contributed by atoms with E-state index < -0.39 is 6.04 Å². The van der Waals surface area contributed by atoms with Gasteiger partial charge in [-0.25, -0.2) is 0 Å². The Kier molecular flexibility index (Phi) is 7.39. The lowest BCUT2D eigenvalue weighted by Crippen LogP contribution is -2.47. The summed E-state index contributed by atoms with van der Waals surface area (Å²) in [6, 6.07) is -0.404. The maximum absolute atomic E-state index is 11.8. The summed E-state index contributed by atoms with van der Waals surface area (Å²) in [4.78, 5) is 11.8. The molecule has 0 saturated heterocycles. The van der Waals surface area contributed by atoms with Crippen molar-refractivity contribution >= 4 is 5.91 Å². The Bertz CT molecular complexity index is 229. The monoisotopic (exact) mass is 244 g/mol. The molecule has 0 spiro atoms. The zero-order valence-corrected chi connectivity index (χ0v) is 11.9. The zero-order valence-electron chi connectivity index (χ0n) is 11.9. The van der Waals surface area contributed by atoms with Gasteiger partial charge in [0.15, 0.2) is 0 Å². The van der Waals surface area contributed by atoms with Crippen LogP contribution >= 0.6 is 0 Å². The number of carbonyl (C=O) groups excluding carboxylic acids is 1. The lowest BCUT2D eigenvalue weighted by atomic mass is 9.89. The molecule has 0 heterocycles. The highest BCUT2D eigenvalue weighted by Crippen LogP contribution is 2.18. The normalized spacial score (nSPS) is 15.4. The van der Waals surface area contributed by atoms with Crippen LogP contribution in [0.15, 0.2) is 0 Å². The molecule has 17 heavy (non-hydrogen) atoms. The van der Waals surface area contributed by atoms with Gasteiger partial charge in [0, 0.05) is 20.3 Å². The van der Waals surface area contributed by atoms with E-state index in [0.29, 0.717) is 13.2 Å². The van der Waals surface area contributed by atoms with E-state index in [1.54, 1.807) is 7.11 Å². The van der Waals surface area contributed by atoms with Gasteiger partial charge in [0.1, 0.15) is 0 Å². The van der Waals surface area contributed by atoms with Crippen LogP contribution in [0.2, 0.25) is 0 Å². The third-order valence-corrected chi connectivity index (χ3v) is 3.28. The Balaban J connectivity index is 4.05. The molecule has 1 amide bonds. The number of hydrogen-bond donors (Lipinski definition) is 2. The first-order valence-corrected chi connectivity index (χ1v) is 6.36. The third-order valence-electron chi connectivity index (χ3n) is 3.28. The Morgan fingerprint density at radius 1 is 1.47 bits per heavy atom. The predicted octanol–water partition coefficient (Wildman–Crippen LogP) is 1.54. The van der Waals surface area contributed by atoms with Crippen molar-refractivity contribution in [3.63, 3.8) is 0 Å². The Hall–Kier alpha value is -0.610. The van der Waals surface area contributed by atoms with E-state index in [2.05, 4.69) is 19.2 Å². The van der Waals surface area contributed by atoms with Crippen molar-refractivity contribution in [1.29, 1.82) is 0 Å². The second-order valence-electron chi connectivity index (χ2n) is 5.54. The maximum Gasteiger partial charge on any atom is 0.237 e. The van der Waals surface area contributed by atoms with Crippen LogP contribution in [0.5, 0.6) is 0 Å². The van der Waals surface area contributed by atoms with E-state index in [0.717, 1.165) is 12.8 Å². The van der Waals surface area contributed by atoms with Crippen LogP contribution in [0.3, 0.4) is 0 Å². The summed E-state index contributed by atoms with van der Waals surface area (Å²) in [6.07, 6.45) is 1.84. The summed E-state index contributed by atoms with van der Waals surface area (Å²) in [5.41, 5.74) is 5.91. The molecule has 0 saturated carbocycles. The van der Waals surface area contributed by atoms with E-state index in [1.807, 2.05) is 13.8 Å². The molecule has 0 radical (unpaired) electrons. The van der Waals surface area contributed by atoms with Crippen LogP contribution in [0.4, 0.5) is 0 Å². The molecule has 0 fully saturated rings. The molecule has 0 bridgehead atoms. The largest absolute Gasteiger partial charge is 0.385 e. The second-order valence-corrected chi connectivity index (χ2v) is 5.54. The molecule has 102 valence electrons. The molecule has 0 aliphatic rings. The number of hydrogen-bond acceptors (Lipinski definition) is 3. The topological polar surface area (TPSA) is 64.4 Å². The highest BCUT2D eigenvalue weighted by molar-refractivity contribution is 5.81. The highest BCUT2D eigenvalue weighted by Gasteiger charge is 2.23. The van der Waals surface area contributed by atoms with Crippen molar-refractivity contribution < 1.29 is 9.53 Å². The minimum atomic E-state index is -0.404. The van der Waals surface area contributed by atoms with Gasteiger partial charge in [-0.05, 0) is 17.8 Å². The third kappa shape index (κ3) is 6.64. The summed E-state index contributed by atoms with van der Waals surface area (Å²) in [5.74, 6) is 0.168. The standard InChI is InChI=1S/C13H28N2O2/c1-6-10(2)11(14)12(16)15-9-13(3,4)7-8-17-5/h10-11H,6-9,14H2,1-5H3,(H,15,16). The van der Waals surface area contributed by atoms with Gasteiger partial charge in [-0.15, -0.1) is 0 Å². The minimum absolute atomic E-state index is 0.0425. The average molecular weight is 244 g/mol. The smallest absolute Gasteiger partial charge is 0.237 e. The van der Waals surface area contributed by atoms with Crippen molar-refractivity contribution in [3.05, 3.63) is 0 Å². The lowest BCUT2D eigenvalue weighted by Gasteiger charge is -2.26. The van der Waals surface area contributed by atoms with Crippen LogP contribution in [0.1, 0.15) is 40.5 Å². The van der Waals surface area contributed by atoms with Crippen LogP contribution in [-0.4, -0.2) is 32.2 Å². The van der Waals surface area contributed by atoms with Gasteiger partial charge in [0.2, 0.25) is 5.91 Å². The lowest BCUT2D eigenvalue weighted by molar-refractivity contribution is -0.123. The molecule has 0 rings (SSSR count).